The summed E-state index contributed by atoms with van der Waals surface area (Å²) in [4.78, 5) is 15.2. The Morgan fingerprint density at radius 3 is 2.43 bits per heavy atom. The van der Waals surface area contributed by atoms with E-state index in [0.29, 0.717) is 0 Å². The molecule has 1 atom stereocenters. The number of ether oxygens (including phenoxy) is 1. The van der Waals surface area contributed by atoms with Crippen molar-refractivity contribution >= 4 is 5.97 Å². The maximum atomic E-state index is 11.3. The van der Waals surface area contributed by atoms with Crippen molar-refractivity contribution in [2.24, 2.45) is 0 Å². The first kappa shape index (κ1) is 13.6. The van der Waals surface area contributed by atoms with Crippen LogP contribution in [-0.2, 0) is 14.9 Å². The molecule has 0 fully saturated rings. The van der Waals surface area contributed by atoms with Gasteiger partial charge in [-0.2, -0.15) is 0 Å². The Kier molecular flexibility index (Phi) is 5.35. The second-order valence-electron chi connectivity index (χ2n) is 3.06. The predicted molar refractivity (Wildman–Crippen MR) is 49.0 cm³/mol. The van der Waals surface area contributed by atoms with E-state index in [-0.39, 0.29) is 35.9 Å². The summed E-state index contributed by atoms with van der Waals surface area (Å²) in [7, 11) is 1.35. The number of aromatic nitrogens is 1. The van der Waals surface area contributed by atoms with Crippen LogP contribution in [0.4, 0.5) is 0 Å². The topological polar surface area (TPSA) is 39.2 Å². The van der Waals surface area contributed by atoms with Crippen LogP contribution in [0.5, 0.6) is 0 Å². The largest absolute Gasteiger partial charge is 0.470 e. The second-order valence-corrected chi connectivity index (χ2v) is 3.06. The van der Waals surface area contributed by atoms with Crippen LogP contribution in [-0.4, -0.2) is 18.1 Å². The van der Waals surface area contributed by atoms with E-state index >= 15 is 0 Å². The molecule has 3 nitrogen and oxygen atoms in total. The minimum Gasteiger partial charge on any atom is -0.470 e. The Bertz CT molecular complexity index is 298. The van der Waals surface area contributed by atoms with Gasteiger partial charge in [0.1, 0.15) is 0 Å². The molecule has 1 aromatic heterocycles. The maximum Gasteiger partial charge on any atom is 0.285 e. The van der Waals surface area contributed by atoms with E-state index < -0.39 is 5.41 Å². The fourth-order valence-electron chi connectivity index (χ4n) is 1.06. The zero-order chi connectivity index (χ0) is 9.90. The standard InChI is InChI=1S/C10H12NO2.Np/c1-10(2,9(12)13-3)8-4-6-11-7-5-8;/h4-7H,1H2,2-3H3;/q-1;/t10-;/m0./s1. The number of hydrogen-bond donors (Lipinski definition) is 0. The van der Waals surface area contributed by atoms with Crippen molar-refractivity contribution in [3.05, 3.63) is 37.0 Å². The Hall–Kier alpha value is -0.367. The van der Waals surface area contributed by atoms with E-state index in [9.17, 15) is 4.79 Å². The van der Waals surface area contributed by atoms with Gasteiger partial charge in [0.2, 0.25) is 0 Å². The van der Waals surface area contributed by atoms with Gasteiger partial charge in [-0.1, -0.05) is 12.5 Å². The van der Waals surface area contributed by atoms with Crippen molar-refractivity contribution < 1.29 is 39.5 Å². The van der Waals surface area contributed by atoms with Crippen LogP contribution in [0.15, 0.2) is 24.5 Å². The number of nitrogens with zero attached hydrogens (tertiary/aromatic N) is 1. The molecule has 14 heavy (non-hydrogen) atoms. The van der Waals surface area contributed by atoms with Crippen LogP contribution in [0.1, 0.15) is 12.5 Å². The molecule has 0 saturated heterocycles. The van der Waals surface area contributed by atoms with Crippen molar-refractivity contribution in [1.82, 2.24) is 4.98 Å². The minimum atomic E-state index is -0.850. The molecule has 1 heterocycles. The fraction of sp³-hybridized carbons (Fsp3) is 0.300. The van der Waals surface area contributed by atoms with Gasteiger partial charge in [-0.3, -0.25) is 9.78 Å². The zero-order valence-corrected chi connectivity index (χ0v) is 12.0. The molecule has 0 aliphatic carbocycles. The van der Waals surface area contributed by atoms with Crippen LogP contribution in [0.2, 0.25) is 0 Å². The van der Waals surface area contributed by atoms with Gasteiger partial charge in [0.05, 0.1) is 7.11 Å². The average Bonchev–Trinajstić information content (AvgIpc) is 2.18. The Balaban J connectivity index is 0.00000169. The number of carbonyl (C=O) groups is 1. The first-order valence-electron chi connectivity index (χ1n) is 3.93. The Morgan fingerprint density at radius 2 is 2.00 bits per heavy atom. The zero-order valence-electron chi connectivity index (χ0n) is 8.23. The summed E-state index contributed by atoms with van der Waals surface area (Å²) in [6.07, 6.45) is 3.25. The first-order valence-corrected chi connectivity index (χ1v) is 3.93. The summed E-state index contributed by atoms with van der Waals surface area (Å²) in [5.74, 6) is -0.348. The average molecular weight is 415 g/mol. The van der Waals surface area contributed by atoms with Gasteiger partial charge in [0, 0.05) is 42.3 Å². The summed E-state index contributed by atoms with van der Waals surface area (Å²) in [6.45, 7) is 5.53. The van der Waals surface area contributed by atoms with E-state index in [2.05, 4.69) is 16.6 Å². The SMILES string of the molecule is [CH2-][C@@](C)(C(=O)OC)c1ccncc1.[Np]. The van der Waals surface area contributed by atoms with E-state index in [1.165, 1.54) is 7.11 Å². The maximum absolute atomic E-state index is 11.3. The van der Waals surface area contributed by atoms with Crippen molar-refractivity contribution in [1.29, 1.82) is 0 Å². The molecule has 0 N–H and O–H groups in total. The van der Waals surface area contributed by atoms with Crippen LogP contribution in [0, 0.1) is 36.9 Å². The molecule has 0 saturated carbocycles. The quantitative estimate of drug-likeness (QED) is 0.541. The van der Waals surface area contributed by atoms with Crippen LogP contribution in [0.25, 0.3) is 0 Å². The summed E-state index contributed by atoms with van der Waals surface area (Å²) in [6, 6.07) is 3.51. The van der Waals surface area contributed by atoms with Gasteiger partial charge in [-0.15, -0.1) is 0 Å². The molecular formula is C10H12NNpO2-. The van der Waals surface area contributed by atoms with Crippen molar-refractivity contribution in [2.75, 3.05) is 7.11 Å². The molecule has 0 amide bonds. The second kappa shape index (κ2) is 5.50. The molecule has 0 bridgehead atoms. The summed E-state index contributed by atoms with van der Waals surface area (Å²) >= 11 is 0. The Labute approximate surface area is 107 Å². The molecule has 1 aromatic rings. The fourth-order valence-corrected chi connectivity index (χ4v) is 1.06. The summed E-state index contributed by atoms with van der Waals surface area (Å²) < 4.78 is 4.65. The van der Waals surface area contributed by atoms with Gasteiger partial charge in [0.25, 0.3) is 5.97 Å². The minimum absolute atomic E-state index is 0. The third kappa shape index (κ3) is 2.81. The molecule has 0 spiro atoms. The number of esters is 1. The van der Waals surface area contributed by atoms with Gasteiger partial charge < -0.3 is 11.7 Å². The molecular weight excluding hydrogens is 403 g/mol. The first-order chi connectivity index (χ1) is 6.09. The van der Waals surface area contributed by atoms with Crippen molar-refractivity contribution in [3.63, 3.8) is 0 Å². The number of carbonyl (C=O) groups excluding carboxylic acids is 1. The predicted octanol–water partition coefficient (Wildman–Crippen LogP) is 1.35. The number of hydrogen-bond acceptors (Lipinski definition) is 3. The van der Waals surface area contributed by atoms with Crippen molar-refractivity contribution in [3.8, 4) is 0 Å². The molecule has 75 valence electrons. The smallest absolute Gasteiger partial charge is 0.285 e. The van der Waals surface area contributed by atoms with E-state index in [1.807, 2.05) is 0 Å². The number of pyridine rings is 1. The molecule has 1 radical (unpaired) electrons. The Morgan fingerprint density at radius 1 is 1.50 bits per heavy atom. The van der Waals surface area contributed by atoms with Crippen molar-refractivity contribution in [2.45, 2.75) is 12.3 Å². The van der Waals surface area contributed by atoms with E-state index in [0.717, 1.165) is 5.56 Å². The molecule has 4 heteroatoms. The molecule has 0 aliphatic heterocycles. The summed E-state index contributed by atoms with van der Waals surface area (Å²) in [5, 5.41) is 0. The molecule has 0 aromatic carbocycles. The molecule has 0 unspecified atom stereocenters. The van der Waals surface area contributed by atoms with E-state index in [4.69, 9.17) is 0 Å². The third-order valence-electron chi connectivity index (χ3n) is 1.95. The van der Waals surface area contributed by atoms with Crippen LogP contribution in [0.3, 0.4) is 0 Å². The van der Waals surface area contributed by atoms with E-state index in [1.54, 1.807) is 31.5 Å². The molecule has 0 aliphatic rings. The van der Waals surface area contributed by atoms with Gasteiger partial charge in [0.15, 0.2) is 0 Å². The van der Waals surface area contributed by atoms with Crippen LogP contribution < -0.4 is 0 Å². The monoisotopic (exact) mass is 414 g/mol. The third-order valence-corrected chi connectivity index (χ3v) is 1.95. The van der Waals surface area contributed by atoms with Gasteiger partial charge in [-0.05, 0) is 17.5 Å². The normalized spacial score (nSPS) is 13.6. The van der Waals surface area contributed by atoms with Crippen LogP contribution >= 0.6 is 0 Å². The van der Waals surface area contributed by atoms with Gasteiger partial charge >= 0.3 is 0 Å². The molecule has 1 rings (SSSR count). The number of methoxy groups -OCH3 is 1. The summed E-state index contributed by atoms with van der Waals surface area (Å²) in [5.41, 5.74) is -0.0492. The van der Waals surface area contributed by atoms with Gasteiger partial charge in [-0.25, -0.2) is 0 Å². The number of rotatable bonds is 2.